The Labute approximate surface area is 238 Å². The molecule has 2 aromatic heterocycles. The van der Waals surface area contributed by atoms with Gasteiger partial charge in [-0.25, -0.2) is 9.97 Å². The van der Waals surface area contributed by atoms with Gasteiger partial charge >= 0.3 is 12.2 Å². The number of ether oxygens (including phenoxy) is 1. The van der Waals surface area contributed by atoms with Crippen molar-refractivity contribution in [1.29, 1.82) is 0 Å². The van der Waals surface area contributed by atoms with Gasteiger partial charge in [0.05, 0.1) is 29.0 Å². The van der Waals surface area contributed by atoms with E-state index in [0.29, 0.717) is 22.7 Å². The van der Waals surface area contributed by atoms with Gasteiger partial charge in [-0.3, -0.25) is 4.90 Å². The Morgan fingerprint density at radius 3 is 2.54 bits per heavy atom. The van der Waals surface area contributed by atoms with Gasteiger partial charge in [0, 0.05) is 44.0 Å². The highest BCUT2D eigenvalue weighted by Crippen LogP contribution is 2.37. The van der Waals surface area contributed by atoms with Gasteiger partial charge < -0.3 is 14.2 Å². The summed E-state index contributed by atoms with van der Waals surface area (Å²) in [5.74, 6) is 0.685. The molecule has 3 heterocycles. The van der Waals surface area contributed by atoms with Gasteiger partial charge in [-0.05, 0) is 69.3 Å². The lowest BCUT2D eigenvalue weighted by Gasteiger charge is -2.20. The van der Waals surface area contributed by atoms with Gasteiger partial charge in [-0.1, -0.05) is 31.2 Å². The second-order valence-corrected chi connectivity index (χ2v) is 10.8. The summed E-state index contributed by atoms with van der Waals surface area (Å²) in [6.07, 6.45) is 0.816. The fraction of sp³-hybridized carbons (Fsp3) is 0.387. The van der Waals surface area contributed by atoms with Crippen LogP contribution in [-0.4, -0.2) is 69.6 Å². The van der Waals surface area contributed by atoms with Crippen molar-refractivity contribution in [1.82, 2.24) is 29.3 Å². The number of hydrogen-bond acceptors (Lipinski definition) is 6. The average molecular weight is 565 g/mol. The van der Waals surface area contributed by atoms with Crippen LogP contribution in [0.1, 0.15) is 36.1 Å². The smallest absolute Gasteiger partial charge is 0.416 e. The maximum absolute atomic E-state index is 13.3. The number of halogens is 3. The first-order valence-corrected chi connectivity index (χ1v) is 13.8. The molecule has 0 unspecified atom stereocenters. The molecule has 0 bridgehead atoms. The monoisotopic (exact) mass is 564 g/mol. The summed E-state index contributed by atoms with van der Waals surface area (Å²) in [6.45, 7) is 7.78. The standard InChI is InChI=1S/C31H35F3N6O/c1-5-22-7-6-21(2)27(18-22)41-30-35-14-12-26(37-30)29-28(23-8-10-24(11-9-23)31(32,33)34)36-20-40(29)25-13-15-39(19-25)17-16-38(3)4/h6-12,14,18,20,25H,5,13,15-17,19H2,1-4H3/t25-/m0/s1. The maximum Gasteiger partial charge on any atom is 0.416 e. The zero-order valence-electron chi connectivity index (χ0n) is 23.8. The van der Waals surface area contributed by atoms with Crippen LogP contribution in [-0.2, 0) is 12.6 Å². The third-order valence-corrected chi connectivity index (χ3v) is 7.52. The van der Waals surface area contributed by atoms with Gasteiger partial charge in [0.2, 0.25) is 0 Å². The molecule has 1 aliphatic heterocycles. The van der Waals surface area contributed by atoms with E-state index < -0.39 is 11.7 Å². The summed E-state index contributed by atoms with van der Waals surface area (Å²) >= 11 is 0. The first-order chi connectivity index (χ1) is 19.6. The van der Waals surface area contributed by atoms with Crippen molar-refractivity contribution in [3.05, 3.63) is 77.7 Å². The highest BCUT2D eigenvalue weighted by atomic mass is 19.4. The third kappa shape index (κ3) is 6.60. The molecule has 2 aromatic carbocycles. The largest absolute Gasteiger partial charge is 0.424 e. The number of benzene rings is 2. The number of alkyl halides is 3. The molecular formula is C31H35F3N6O. The van der Waals surface area contributed by atoms with Crippen LogP contribution in [0.15, 0.2) is 61.1 Å². The Kier molecular flexibility index (Phi) is 8.42. The van der Waals surface area contributed by atoms with E-state index in [-0.39, 0.29) is 12.1 Å². The van der Waals surface area contributed by atoms with E-state index in [9.17, 15) is 13.2 Å². The predicted octanol–water partition coefficient (Wildman–Crippen LogP) is 6.50. The fourth-order valence-electron chi connectivity index (χ4n) is 5.10. The Bertz CT molecular complexity index is 1480. The zero-order valence-corrected chi connectivity index (χ0v) is 23.8. The van der Waals surface area contributed by atoms with Crippen LogP contribution in [0.5, 0.6) is 11.8 Å². The van der Waals surface area contributed by atoms with E-state index in [0.717, 1.165) is 68.0 Å². The zero-order chi connectivity index (χ0) is 29.1. The molecule has 4 aromatic rings. The molecule has 5 rings (SSSR count). The minimum absolute atomic E-state index is 0.144. The molecule has 7 nitrogen and oxygen atoms in total. The second-order valence-electron chi connectivity index (χ2n) is 10.8. The first kappa shape index (κ1) is 28.8. The molecule has 1 fully saturated rings. The van der Waals surface area contributed by atoms with Gasteiger partial charge in [0.15, 0.2) is 0 Å². The Morgan fingerprint density at radius 2 is 1.83 bits per heavy atom. The molecule has 1 aliphatic rings. The van der Waals surface area contributed by atoms with E-state index in [4.69, 9.17) is 14.7 Å². The van der Waals surface area contributed by atoms with E-state index in [1.807, 2.05) is 19.1 Å². The van der Waals surface area contributed by atoms with Crippen molar-refractivity contribution in [2.45, 2.75) is 38.9 Å². The molecule has 0 amide bonds. The molecule has 0 radical (unpaired) electrons. The minimum Gasteiger partial charge on any atom is -0.424 e. The Balaban J connectivity index is 1.53. The summed E-state index contributed by atoms with van der Waals surface area (Å²) in [5.41, 5.74) is 3.90. The van der Waals surface area contributed by atoms with Crippen molar-refractivity contribution < 1.29 is 17.9 Å². The summed E-state index contributed by atoms with van der Waals surface area (Å²) in [4.78, 5) is 18.4. The van der Waals surface area contributed by atoms with Crippen LogP contribution in [0, 0.1) is 6.92 Å². The van der Waals surface area contributed by atoms with Crippen molar-refractivity contribution >= 4 is 0 Å². The average Bonchev–Trinajstić information content (AvgIpc) is 3.60. The SMILES string of the molecule is CCc1ccc(C)c(Oc2nccc(-c3c(-c4ccc(C(F)(F)F)cc4)ncn3[C@H]3CCN(CCN(C)C)C3)n2)c1. The highest BCUT2D eigenvalue weighted by Gasteiger charge is 2.31. The molecule has 1 saturated heterocycles. The van der Waals surface area contributed by atoms with Crippen LogP contribution in [0.3, 0.4) is 0 Å². The summed E-state index contributed by atoms with van der Waals surface area (Å²) in [5, 5.41) is 0. The number of aryl methyl sites for hydroxylation is 2. The van der Waals surface area contributed by atoms with Gasteiger partial charge in [-0.15, -0.1) is 0 Å². The molecule has 10 heteroatoms. The summed E-state index contributed by atoms with van der Waals surface area (Å²) in [7, 11) is 4.12. The van der Waals surface area contributed by atoms with Crippen molar-refractivity contribution in [3.63, 3.8) is 0 Å². The summed E-state index contributed by atoms with van der Waals surface area (Å²) in [6, 6.07) is 13.3. The topological polar surface area (TPSA) is 59.3 Å². The van der Waals surface area contributed by atoms with Crippen molar-refractivity contribution in [2.75, 3.05) is 40.3 Å². The van der Waals surface area contributed by atoms with E-state index in [1.165, 1.54) is 12.1 Å². The predicted molar refractivity (Wildman–Crippen MR) is 153 cm³/mol. The number of imidazole rings is 1. The van der Waals surface area contributed by atoms with Crippen molar-refractivity contribution in [3.8, 4) is 34.4 Å². The molecule has 1 atom stereocenters. The normalized spacial score (nSPS) is 16.0. The van der Waals surface area contributed by atoms with Crippen LogP contribution >= 0.6 is 0 Å². The maximum atomic E-state index is 13.3. The van der Waals surface area contributed by atoms with Crippen LogP contribution < -0.4 is 4.74 Å². The molecule has 0 N–H and O–H groups in total. The lowest BCUT2D eigenvalue weighted by molar-refractivity contribution is -0.137. The van der Waals surface area contributed by atoms with E-state index >= 15 is 0 Å². The van der Waals surface area contributed by atoms with Crippen LogP contribution in [0.25, 0.3) is 22.6 Å². The van der Waals surface area contributed by atoms with Gasteiger partial charge in [0.1, 0.15) is 5.75 Å². The van der Waals surface area contributed by atoms with E-state index in [1.54, 1.807) is 18.6 Å². The molecule has 216 valence electrons. The van der Waals surface area contributed by atoms with E-state index in [2.05, 4.69) is 46.4 Å². The molecule has 0 aliphatic carbocycles. The highest BCUT2D eigenvalue weighted by molar-refractivity contribution is 5.77. The number of rotatable bonds is 9. The Morgan fingerprint density at radius 1 is 1.05 bits per heavy atom. The molecule has 0 spiro atoms. The number of likely N-dealkylation sites (N-methyl/N-ethyl adjacent to an activating group) is 1. The van der Waals surface area contributed by atoms with Crippen molar-refractivity contribution in [2.24, 2.45) is 0 Å². The number of aromatic nitrogens is 4. The fourth-order valence-corrected chi connectivity index (χ4v) is 5.10. The Hall–Kier alpha value is -3.76. The van der Waals surface area contributed by atoms with Gasteiger partial charge in [0.25, 0.3) is 0 Å². The first-order valence-electron chi connectivity index (χ1n) is 13.8. The lowest BCUT2D eigenvalue weighted by Crippen LogP contribution is -2.30. The quantitative estimate of drug-likeness (QED) is 0.231. The number of nitrogens with zero attached hydrogens (tertiary/aromatic N) is 6. The third-order valence-electron chi connectivity index (χ3n) is 7.52. The molecular weight excluding hydrogens is 529 g/mol. The molecule has 41 heavy (non-hydrogen) atoms. The molecule has 0 saturated carbocycles. The number of likely N-dealkylation sites (tertiary alicyclic amines) is 1. The van der Waals surface area contributed by atoms with Crippen LogP contribution in [0.2, 0.25) is 0 Å². The van der Waals surface area contributed by atoms with Gasteiger partial charge in [-0.2, -0.15) is 18.2 Å². The summed E-state index contributed by atoms with van der Waals surface area (Å²) < 4.78 is 48.0. The lowest BCUT2D eigenvalue weighted by atomic mass is 10.1. The minimum atomic E-state index is -4.41. The second kappa shape index (κ2) is 12.0. The number of hydrogen-bond donors (Lipinski definition) is 0. The van der Waals surface area contributed by atoms with Crippen LogP contribution in [0.4, 0.5) is 13.2 Å².